The summed E-state index contributed by atoms with van der Waals surface area (Å²) in [5, 5.41) is 1.68. The van der Waals surface area contributed by atoms with Gasteiger partial charge >= 0.3 is 0 Å². The summed E-state index contributed by atoms with van der Waals surface area (Å²) in [4.78, 5) is 12.3. The third kappa shape index (κ3) is 2.34. The highest BCUT2D eigenvalue weighted by Crippen LogP contribution is 2.34. The van der Waals surface area contributed by atoms with E-state index in [0.29, 0.717) is 8.95 Å². The zero-order chi connectivity index (χ0) is 12.6. The molecule has 0 aliphatic rings. The van der Waals surface area contributed by atoms with Crippen LogP contribution in [0.15, 0.2) is 32.5 Å². The lowest BCUT2D eigenvalue weighted by Crippen LogP contribution is -2.06. The molecular weight excluding hydrogens is 378 g/mol. The predicted molar refractivity (Wildman–Crippen MR) is 69.5 cm³/mol. The molecule has 0 N–H and O–H groups in total. The molecule has 0 radical (unpaired) electrons. The topological polar surface area (TPSA) is 17.1 Å². The number of hydrogen-bond donors (Lipinski definition) is 0. The van der Waals surface area contributed by atoms with Crippen LogP contribution >= 0.6 is 43.2 Å². The zero-order valence-electron chi connectivity index (χ0n) is 8.14. The summed E-state index contributed by atoms with van der Waals surface area (Å²) in [7, 11) is 0. The number of benzene rings is 1. The van der Waals surface area contributed by atoms with Crippen molar-refractivity contribution >= 4 is 49.0 Å². The lowest BCUT2D eigenvalue weighted by Gasteiger charge is -2.02. The second kappa shape index (κ2) is 4.96. The van der Waals surface area contributed by atoms with Crippen molar-refractivity contribution in [1.82, 2.24) is 0 Å². The van der Waals surface area contributed by atoms with E-state index >= 15 is 0 Å². The Balaban J connectivity index is 2.55. The van der Waals surface area contributed by atoms with Crippen LogP contribution in [0.25, 0.3) is 0 Å². The Labute approximate surface area is 117 Å². The standard InChI is InChI=1S/C11H4Br2F2OS/c12-5-4-17-11(9(5)13)10(16)8-6(14)2-1-3-7(8)15/h1-4H. The van der Waals surface area contributed by atoms with Crippen LogP contribution in [0.1, 0.15) is 15.2 Å². The summed E-state index contributed by atoms with van der Waals surface area (Å²) < 4.78 is 28.1. The van der Waals surface area contributed by atoms with Crippen molar-refractivity contribution in [2.24, 2.45) is 0 Å². The minimum Gasteiger partial charge on any atom is -0.287 e. The van der Waals surface area contributed by atoms with Crippen LogP contribution < -0.4 is 0 Å². The fourth-order valence-electron chi connectivity index (χ4n) is 1.30. The van der Waals surface area contributed by atoms with Crippen molar-refractivity contribution in [3.8, 4) is 0 Å². The molecule has 1 aromatic heterocycles. The Hall–Kier alpha value is -0.590. The minimum absolute atomic E-state index is 0.265. The fraction of sp³-hybridized carbons (Fsp3) is 0. The zero-order valence-corrected chi connectivity index (χ0v) is 12.1. The monoisotopic (exact) mass is 380 g/mol. The van der Waals surface area contributed by atoms with Gasteiger partial charge < -0.3 is 0 Å². The largest absolute Gasteiger partial charge is 0.287 e. The van der Waals surface area contributed by atoms with Gasteiger partial charge in [0.15, 0.2) is 0 Å². The Morgan fingerprint density at radius 1 is 1.18 bits per heavy atom. The first-order chi connectivity index (χ1) is 8.02. The van der Waals surface area contributed by atoms with E-state index in [1.807, 2.05) is 0 Å². The first-order valence-electron chi connectivity index (χ1n) is 4.43. The molecule has 1 nitrogen and oxygen atoms in total. The molecule has 6 heteroatoms. The summed E-state index contributed by atoms with van der Waals surface area (Å²) in [5.74, 6) is -2.37. The Morgan fingerprint density at radius 2 is 1.76 bits per heavy atom. The second-order valence-electron chi connectivity index (χ2n) is 3.15. The Morgan fingerprint density at radius 3 is 2.24 bits per heavy atom. The number of thiophene rings is 1. The highest BCUT2D eigenvalue weighted by molar-refractivity contribution is 9.13. The van der Waals surface area contributed by atoms with Gasteiger partial charge in [0.25, 0.3) is 0 Å². The molecule has 2 aromatic rings. The third-order valence-electron chi connectivity index (χ3n) is 2.09. The SMILES string of the molecule is O=C(c1scc(Br)c1Br)c1c(F)cccc1F. The van der Waals surface area contributed by atoms with Crippen LogP contribution in [0.2, 0.25) is 0 Å². The van der Waals surface area contributed by atoms with Gasteiger partial charge in [-0.3, -0.25) is 4.79 Å². The molecule has 17 heavy (non-hydrogen) atoms. The van der Waals surface area contributed by atoms with Crippen LogP contribution in [-0.4, -0.2) is 5.78 Å². The molecule has 0 unspecified atom stereocenters. The average molecular weight is 382 g/mol. The predicted octanol–water partition coefficient (Wildman–Crippen LogP) is 4.78. The van der Waals surface area contributed by atoms with Gasteiger partial charge in [0, 0.05) is 9.85 Å². The Kier molecular flexibility index (Phi) is 3.75. The quantitative estimate of drug-likeness (QED) is 0.684. The lowest BCUT2D eigenvalue weighted by molar-refractivity contribution is 0.103. The Bertz CT molecular complexity index is 575. The molecule has 0 aliphatic heterocycles. The molecule has 0 saturated heterocycles. The molecule has 88 valence electrons. The van der Waals surface area contributed by atoms with Crippen LogP contribution in [0.5, 0.6) is 0 Å². The summed E-state index contributed by atoms with van der Waals surface area (Å²) >= 11 is 7.53. The van der Waals surface area contributed by atoms with Crippen molar-refractivity contribution < 1.29 is 13.6 Å². The maximum atomic E-state index is 13.4. The molecule has 0 fully saturated rings. The third-order valence-corrected chi connectivity index (χ3v) is 5.61. The summed E-state index contributed by atoms with van der Waals surface area (Å²) in [6.45, 7) is 0. The average Bonchev–Trinajstić information content (AvgIpc) is 2.59. The van der Waals surface area contributed by atoms with Gasteiger partial charge in [0.05, 0.1) is 14.9 Å². The van der Waals surface area contributed by atoms with E-state index < -0.39 is 23.0 Å². The minimum atomic E-state index is -0.855. The number of carbonyl (C=O) groups excluding carboxylic acids is 1. The van der Waals surface area contributed by atoms with E-state index in [4.69, 9.17) is 0 Å². The summed E-state index contributed by atoms with van der Waals surface area (Å²) in [6.07, 6.45) is 0. The van der Waals surface area contributed by atoms with Gasteiger partial charge in [-0.15, -0.1) is 11.3 Å². The maximum absolute atomic E-state index is 13.4. The van der Waals surface area contributed by atoms with Crippen LogP contribution in [0.3, 0.4) is 0 Å². The van der Waals surface area contributed by atoms with Gasteiger partial charge in [-0.25, -0.2) is 8.78 Å². The summed E-state index contributed by atoms with van der Waals surface area (Å²) in [5.41, 5.74) is -0.525. The summed E-state index contributed by atoms with van der Waals surface area (Å²) in [6, 6.07) is 3.35. The van der Waals surface area contributed by atoms with Gasteiger partial charge in [-0.1, -0.05) is 6.07 Å². The second-order valence-corrected chi connectivity index (χ2v) is 5.68. The van der Waals surface area contributed by atoms with Gasteiger partial charge in [-0.2, -0.15) is 0 Å². The smallest absolute Gasteiger partial charge is 0.210 e. The van der Waals surface area contributed by atoms with Crippen molar-refractivity contribution in [3.05, 3.63) is 54.6 Å². The van der Waals surface area contributed by atoms with E-state index in [1.165, 1.54) is 6.07 Å². The molecule has 0 saturated carbocycles. The molecule has 0 aliphatic carbocycles. The van der Waals surface area contributed by atoms with Crippen molar-refractivity contribution in [2.75, 3.05) is 0 Å². The van der Waals surface area contributed by atoms with Gasteiger partial charge in [0.1, 0.15) is 11.6 Å². The van der Waals surface area contributed by atoms with E-state index in [2.05, 4.69) is 31.9 Å². The maximum Gasteiger partial charge on any atom is 0.210 e. The number of halogens is 4. The molecule has 0 amide bonds. The first-order valence-corrected chi connectivity index (χ1v) is 6.90. The molecular formula is C11H4Br2F2OS. The number of carbonyl (C=O) groups is 1. The van der Waals surface area contributed by atoms with Crippen molar-refractivity contribution in [2.45, 2.75) is 0 Å². The molecule has 0 bridgehead atoms. The lowest BCUT2D eigenvalue weighted by atomic mass is 10.1. The van der Waals surface area contributed by atoms with Gasteiger partial charge in [-0.05, 0) is 44.0 Å². The molecule has 2 rings (SSSR count). The van der Waals surface area contributed by atoms with E-state index in [-0.39, 0.29) is 4.88 Å². The number of rotatable bonds is 2. The molecule has 1 aromatic carbocycles. The van der Waals surface area contributed by atoms with E-state index in [9.17, 15) is 13.6 Å². The highest BCUT2D eigenvalue weighted by atomic mass is 79.9. The van der Waals surface area contributed by atoms with Crippen LogP contribution in [-0.2, 0) is 0 Å². The normalized spacial score (nSPS) is 10.6. The number of ketones is 1. The highest BCUT2D eigenvalue weighted by Gasteiger charge is 2.23. The van der Waals surface area contributed by atoms with Crippen LogP contribution in [0, 0.1) is 11.6 Å². The fourth-order valence-corrected chi connectivity index (χ4v) is 3.40. The van der Waals surface area contributed by atoms with Crippen LogP contribution in [0.4, 0.5) is 8.78 Å². The van der Waals surface area contributed by atoms with Crippen molar-refractivity contribution in [3.63, 3.8) is 0 Å². The van der Waals surface area contributed by atoms with Gasteiger partial charge in [0.2, 0.25) is 5.78 Å². The first kappa shape index (κ1) is 12.9. The molecule has 0 spiro atoms. The molecule has 1 heterocycles. The van der Waals surface area contributed by atoms with Crippen molar-refractivity contribution in [1.29, 1.82) is 0 Å². The number of hydrogen-bond acceptors (Lipinski definition) is 2. The van der Waals surface area contributed by atoms with E-state index in [1.54, 1.807) is 5.38 Å². The van der Waals surface area contributed by atoms with E-state index in [0.717, 1.165) is 23.5 Å². The molecule has 0 atom stereocenters.